The number of nitrogens with one attached hydrogen (secondary N) is 1. The van der Waals surface area contributed by atoms with Gasteiger partial charge in [-0.05, 0) is 23.6 Å². The number of nitrogen functional groups attached to an aromatic ring is 1. The Balaban J connectivity index is 1.96. The number of benzene rings is 1. The van der Waals surface area contributed by atoms with E-state index < -0.39 is 0 Å². The van der Waals surface area contributed by atoms with Crippen molar-refractivity contribution in [1.82, 2.24) is 10.2 Å². The molecule has 0 saturated heterocycles. The van der Waals surface area contributed by atoms with Crippen LogP contribution in [0.3, 0.4) is 0 Å². The SMILES string of the molecule is C#CCNC(=O)CN1CCc2c(N)cccc2C1. The molecule has 0 aliphatic carbocycles. The molecule has 1 amide bonds. The third kappa shape index (κ3) is 2.82. The van der Waals surface area contributed by atoms with Crippen LogP contribution in [0, 0.1) is 12.3 Å². The molecule has 1 heterocycles. The van der Waals surface area contributed by atoms with Crippen LogP contribution in [0.25, 0.3) is 0 Å². The molecule has 18 heavy (non-hydrogen) atoms. The average molecular weight is 243 g/mol. The highest BCUT2D eigenvalue weighted by atomic mass is 16.2. The van der Waals surface area contributed by atoms with Crippen LogP contribution < -0.4 is 11.1 Å². The number of carbonyl (C=O) groups excluding carboxylic acids is 1. The van der Waals surface area contributed by atoms with Gasteiger partial charge in [0.1, 0.15) is 0 Å². The Morgan fingerprint density at radius 3 is 3.17 bits per heavy atom. The van der Waals surface area contributed by atoms with Crippen LogP contribution in [0.1, 0.15) is 11.1 Å². The second-order valence-corrected chi connectivity index (χ2v) is 4.43. The predicted molar refractivity (Wildman–Crippen MR) is 71.7 cm³/mol. The van der Waals surface area contributed by atoms with E-state index in [2.05, 4.69) is 22.2 Å². The van der Waals surface area contributed by atoms with E-state index in [1.165, 1.54) is 11.1 Å². The fraction of sp³-hybridized carbons (Fsp3) is 0.357. The van der Waals surface area contributed by atoms with Crippen LogP contribution in [0.2, 0.25) is 0 Å². The van der Waals surface area contributed by atoms with Gasteiger partial charge in [-0.2, -0.15) is 0 Å². The molecule has 1 aliphatic rings. The summed E-state index contributed by atoms with van der Waals surface area (Å²) in [7, 11) is 0. The number of rotatable bonds is 3. The molecule has 1 aromatic carbocycles. The molecular weight excluding hydrogens is 226 g/mol. The maximum atomic E-state index is 11.6. The number of hydrogen-bond donors (Lipinski definition) is 2. The molecule has 2 rings (SSSR count). The Morgan fingerprint density at radius 2 is 2.39 bits per heavy atom. The van der Waals surface area contributed by atoms with Crippen molar-refractivity contribution in [3.63, 3.8) is 0 Å². The summed E-state index contributed by atoms with van der Waals surface area (Å²) in [5.41, 5.74) is 9.22. The summed E-state index contributed by atoms with van der Waals surface area (Å²) in [4.78, 5) is 13.7. The largest absolute Gasteiger partial charge is 0.398 e. The first-order valence-electron chi connectivity index (χ1n) is 5.99. The summed E-state index contributed by atoms with van der Waals surface area (Å²) in [5, 5.41) is 2.67. The van der Waals surface area contributed by atoms with Crippen molar-refractivity contribution >= 4 is 11.6 Å². The molecule has 0 saturated carbocycles. The van der Waals surface area contributed by atoms with Crippen molar-refractivity contribution in [2.45, 2.75) is 13.0 Å². The number of terminal acetylenes is 1. The number of anilines is 1. The van der Waals surface area contributed by atoms with Gasteiger partial charge in [-0.15, -0.1) is 6.42 Å². The zero-order valence-electron chi connectivity index (χ0n) is 10.3. The van der Waals surface area contributed by atoms with Crippen LogP contribution in [-0.2, 0) is 17.8 Å². The summed E-state index contributed by atoms with van der Waals surface area (Å²) in [6.45, 7) is 2.29. The van der Waals surface area contributed by atoms with Crippen LogP contribution in [0.4, 0.5) is 5.69 Å². The molecule has 0 radical (unpaired) electrons. The van der Waals surface area contributed by atoms with Gasteiger partial charge < -0.3 is 11.1 Å². The highest BCUT2D eigenvalue weighted by molar-refractivity contribution is 5.78. The quantitative estimate of drug-likeness (QED) is 0.596. The Bertz CT molecular complexity index is 490. The summed E-state index contributed by atoms with van der Waals surface area (Å²) in [6, 6.07) is 5.95. The van der Waals surface area contributed by atoms with Gasteiger partial charge in [0.05, 0.1) is 13.1 Å². The zero-order chi connectivity index (χ0) is 13.0. The van der Waals surface area contributed by atoms with E-state index in [0.717, 1.165) is 25.2 Å². The lowest BCUT2D eigenvalue weighted by Crippen LogP contribution is -2.40. The lowest BCUT2D eigenvalue weighted by molar-refractivity contribution is -0.122. The second kappa shape index (κ2) is 5.56. The van der Waals surface area contributed by atoms with Crippen molar-refractivity contribution in [3.8, 4) is 12.3 Å². The van der Waals surface area contributed by atoms with E-state index in [-0.39, 0.29) is 12.5 Å². The first kappa shape index (κ1) is 12.5. The van der Waals surface area contributed by atoms with Gasteiger partial charge in [0.25, 0.3) is 0 Å². The topological polar surface area (TPSA) is 58.4 Å². The highest BCUT2D eigenvalue weighted by Gasteiger charge is 2.19. The van der Waals surface area contributed by atoms with E-state index in [1.807, 2.05) is 12.1 Å². The molecule has 4 nitrogen and oxygen atoms in total. The minimum Gasteiger partial charge on any atom is -0.398 e. The molecule has 0 atom stereocenters. The number of carbonyl (C=O) groups is 1. The molecule has 1 aliphatic heterocycles. The normalized spacial score (nSPS) is 14.6. The zero-order valence-corrected chi connectivity index (χ0v) is 10.3. The Labute approximate surface area is 107 Å². The van der Waals surface area contributed by atoms with Gasteiger partial charge in [0, 0.05) is 18.8 Å². The summed E-state index contributed by atoms with van der Waals surface area (Å²) in [5.74, 6) is 2.36. The smallest absolute Gasteiger partial charge is 0.234 e. The molecule has 0 unspecified atom stereocenters. The van der Waals surface area contributed by atoms with Crippen LogP contribution in [0.15, 0.2) is 18.2 Å². The minimum absolute atomic E-state index is 0.0275. The van der Waals surface area contributed by atoms with Gasteiger partial charge in [-0.25, -0.2) is 0 Å². The third-order valence-corrected chi connectivity index (χ3v) is 3.14. The summed E-state index contributed by atoms with van der Waals surface area (Å²) < 4.78 is 0. The molecular formula is C14H17N3O. The number of hydrogen-bond acceptors (Lipinski definition) is 3. The summed E-state index contributed by atoms with van der Waals surface area (Å²) in [6.07, 6.45) is 5.99. The monoisotopic (exact) mass is 243 g/mol. The molecule has 1 aromatic rings. The average Bonchev–Trinajstić information content (AvgIpc) is 2.36. The minimum atomic E-state index is -0.0275. The Kier molecular flexibility index (Phi) is 3.85. The molecule has 0 aromatic heterocycles. The highest BCUT2D eigenvalue weighted by Crippen LogP contribution is 2.23. The Morgan fingerprint density at radius 1 is 1.56 bits per heavy atom. The molecule has 4 heteroatoms. The fourth-order valence-electron chi connectivity index (χ4n) is 2.24. The van der Waals surface area contributed by atoms with E-state index in [4.69, 9.17) is 12.2 Å². The number of amides is 1. The Hall–Kier alpha value is -1.99. The van der Waals surface area contributed by atoms with Crippen LogP contribution in [0.5, 0.6) is 0 Å². The third-order valence-electron chi connectivity index (χ3n) is 3.14. The van der Waals surface area contributed by atoms with Crippen molar-refractivity contribution in [3.05, 3.63) is 29.3 Å². The van der Waals surface area contributed by atoms with E-state index in [9.17, 15) is 4.79 Å². The van der Waals surface area contributed by atoms with Gasteiger partial charge in [0.2, 0.25) is 5.91 Å². The maximum absolute atomic E-state index is 11.6. The fourth-order valence-corrected chi connectivity index (χ4v) is 2.24. The number of nitrogens with two attached hydrogens (primary N) is 1. The van der Waals surface area contributed by atoms with E-state index in [1.54, 1.807) is 0 Å². The van der Waals surface area contributed by atoms with Crippen LogP contribution >= 0.6 is 0 Å². The van der Waals surface area contributed by atoms with Crippen molar-refractivity contribution in [2.24, 2.45) is 0 Å². The standard InChI is InChI=1S/C14H17N3O/c1-2-7-16-14(18)10-17-8-6-12-11(9-17)4-3-5-13(12)15/h1,3-5H,6-10,15H2,(H,16,18). The molecule has 0 fully saturated rings. The second-order valence-electron chi connectivity index (χ2n) is 4.43. The van der Waals surface area contributed by atoms with E-state index >= 15 is 0 Å². The maximum Gasteiger partial charge on any atom is 0.234 e. The van der Waals surface area contributed by atoms with Gasteiger partial charge in [-0.3, -0.25) is 9.69 Å². The van der Waals surface area contributed by atoms with Gasteiger partial charge in [0.15, 0.2) is 0 Å². The van der Waals surface area contributed by atoms with E-state index in [0.29, 0.717) is 6.54 Å². The van der Waals surface area contributed by atoms with Crippen molar-refractivity contribution in [2.75, 3.05) is 25.4 Å². The number of fused-ring (bicyclic) bond motifs is 1. The summed E-state index contributed by atoms with van der Waals surface area (Å²) >= 11 is 0. The van der Waals surface area contributed by atoms with Gasteiger partial charge in [-0.1, -0.05) is 18.1 Å². The van der Waals surface area contributed by atoms with Gasteiger partial charge >= 0.3 is 0 Å². The molecule has 94 valence electrons. The molecule has 3 N–H and O–H groups in total. The lowest BCUT2D eigenvalue weighted by Gasteiger charge is -2.28. The molecule has 0 bridgehead atoms. The van der Waals surface area contributed by atoms with Crippen molar-refractivity contribution < 1.29 is 4.79 Å². The predicted octanol–water partition coefficient (Wildman–Crippen LogP) is 0.376. The first-order chi connectivity index (χ1) is 8.70. The van der Waals surface area contributed by atoms with Crippen LogP contribution in [-0.4, -0.2) is 30.4 Å². The number of nitrogens with zero attached hydrogens (tertiary/aromatic N) is 1. The molecule has 0 spiro atoms. The first-order valence-corrected chi connectivity index (χ1v) is 5.99. The van der Waals surface area contributed by atoms with Crippen molar-refractivity contribution in [1.29, 1.82) is 0 Å². The lowest BCUT2D eigenvalue weighted by atomic mass is 9.98.